The number of esters is 2. The summed E-state index contributed by atoms with van der Waals surface area (Å²) in [4.78, 5) is 23.5. The second kappa shape index (κ2) is 25.5. The van der Waals surface area contributed by atoms with Gasteiger partial charge in [0.1, 0.15) is 0 Å². The zero-order valence-electron chi connectivity index (χ0n) is 22.2. The predicted molar refractivity (Wildman–Crippen MR) is 136 cm³/mol. The Labute approximate surface area is 204 Å². The Morgan fingerprint density at radius 2 is 1.00 bits per heavy atom. The van der Waals surface area contributed by atoms with Gasteiger partial charge in [-0.1, -0.05) is 90.9 Å². The van der Waals surface area contributed by atoms with Crippen molar-refractivity contribution in [2.45, 2.75) is 136 Å². The summed E-state index contributed by atoms with van der Waals surface area (Å²) < 4.78 is 15.6. The third-order valence-electron chi connectivity index (χ3n) is 6.21. The summed E-state index contributed by atoms with van der Waals surface area (Å²) in [6.07, 6.45) is 21.0. The van der Waals surface area contributed by atoms with E-state index in [2.05, 4.69) is 13.8 Å². The van der Waals surface area contributed by atoms with Gasteiger partial charge in [0, 0.05) is 26.6 Å². The topological polar surface area (TPSA) is 61.8 Å². The maximum atomic E-state index is 11.8. The fraction of sp³-hybridized carbons (Fsp3) is 0.929. The normalized spacial score (nSPS) is 12.0. The number of carbonyl (C=O) groups excluding carboxylic acids is 2. The van der Waals surface area contributed by atoms with Gasteiger partial charge in [-0.25, -0.2) is 0 Å². The molecule has 0 amide bonds. The van der Waals surface area contributed by atoms with Crippen LogP contribution >= 0.6 is 0 Å². The number of methoxy groups -OCH3 is 1. The van der Waals surface area contributed by atoms with Crippen LogP contribution < -0.4 is 0 Å². The quantitative estimate of drug-likeness (QED) is 0.101. The van der Waals surface area contributed by atoms with Gasteiger partial charge in [-0.15, -0.1) is 0 Å². The van der Waals surface area contributed by atoms with Gasteiger partial charge in [-0.05, 0) is 38.0 Å². The van der Waals surface area contributed by atoms with Crippen LogP contribution in [0, 0.1) is 5.92 Å². The van der Waals surface area contributed by atoms with Crippen LogP contribution in [0.3, 0.4) is 0 Å². The molecule has 0 saturated carbocycles. The number of carbonyl (C=O) groups is 2. The molecule has 0 bridgehead atoms. The molecule has 196 valence electrons. The maximum absolute atomic E-state index is 11.8. The Morgan fingerprint density at radius 3 is 1.48 bits per heavy atom. The summed E-state index contributed by atoms with van der Waals surface area (Å²) in [6, 6.07) is 0. The molecule has 0 aromatic heterocycles. The smallest absolute Gasteiger partial charge is 0.305 e. The van der Waals surface area contributed by atoms with Crippen molar-refractivity contribution in [3.63, 3.8) is 0 Å². The van der Waals surface area contributed by atoms with Crippen molar-refractivity contribution in [2.75, 3.05) is 26.9 Å². The van der Waals surface area contributed by atoms with Crippen LogP contribution in [0.4, 0.5) is 0 Å². The van der Waals surface area contributed by atoms with Gasteiger partial charge in [0.05, 0.1) is 13.2 Å². The summed E-state index contributed by atoms with van der Waals surface area (Å²) in [5, 5.41) is 0. The highest BCUT2D eigenvalue weighted by atomic mass is 16.5. The number of hydrogen-bond donors (Lipinski definition) is 0. The molecular formula is C28H54O5. The average Bonchev–Trinajstić information content (AvgIpc) is 2.80. The minimum Gasteiger partial charge on any atom is -0.466 e. The van der Waals surface area contributed by atoms with Crippen LogP contribution in [0.15, 0.2) is 0 Å². The molecule has 1 atom stereocenters. The van der Waals surface area contributed by atoms with E-state index in [0.717, 1.165) is 32.3 Å². The fourth-order valence-electron chi connectivity index (χ4n) is 3.83. The maximum Gasteiger partial charge on any atom is 0.305 e. The van der Waals surface area contributed by atoms with E-state index >= 15 is 0 Å². The summed E-state index contributed by atoms with van der Waals surface area (Å²) in [5.41, 5.74) is 0. The van der Waals surface area contributed by atoms with Crippen LogP contribution in [0.5, 0.6) is 0 Å². The highest BCUT2D eigenvalue weighted by Crippen LogP contribution is 2.13. The minimum absolute atomic E-state index is 0.144. The second-order valence-corrected chi connectivity index (χ2v) is 9.57. The molecule has 0 fully saturated rings. The van der Waals surface area contributed by atoms with E-state index in [0.29, 0.717) is 44.8 Å². The first kappa shape index (κ1) is 31.9. The number of rotatable bonds is 25. The number of hydrogen-bond acceptors (Lipinski definition) is 5. The lowest BCUT2D eigenvalue weighted by Gasteiger charge is -2.11. The van der Waals surface area contributed by atoms with E-state index in [-0.39, 0.29) is 11.9 Å². The first-order valence-corrected chi connectivity index (χ1v) is 13.9. The lowest BCUT2D eigenvalue weighted by atomic mass is 10.0. The van der Waals surface area contributed by atoms with Crippen LogP contribution in [0.25, 0.3) is 0 Å². The molecule has 0 aliphatic carbocycles. The van der Waals surface area contributed by atoms with E-state index in [1.807, 2.05) is 0 Å². The van der Waals surface area contributed by atoms with Gasteiger partial charge < -0.3 is 14.2 Å². The van der Waals surface area contributed by atoms with E-state index in [9.17, 15) is 9.59 Å². The molecule has 0 saturated heterocycles. The molecule has 0 N–H and O–H groups in total. The highest BCUT2D eigenvalue weighted by Gasteiger charge is 2.08. The van der Waals surface area contributed by atoms with Crippen molar-refractivity contribution in [3.8, 4) is 0 Å². The van der Waals surface area contributed by atoms with Crippen LogP contribution in [0.2, 0.25) is 0 Å². The molecule has 0 spiro atoms. The Kier molecular flexibility index (Phi) is 24.7. The summed E-state index contributed by atoms with van der Waals surface area (Å²) in [6.45, 7) is 6.13. The van der Waals surface area contributed by atoms with Gasteiger partial charge in [0.25, 0.3) is 0 Å². The first-order valence-electron chi connectivity index (χ1n) is 13.9. The van der Waals surface area contributed by atoms with E-state index in [1.54, 1.807) is 7.11 Å². The first-order chi connectivity index (χ1) is 16.1. The molecule has 5 nitrogen and oxygen atoms in total. The Morgan fingerprint density at radius 1 is 0.576 bits per heavy atom. The lowest BCUT2D eigenvalue weighted by Crippen LogP contribution is -2.10. The van der Waals surface area contributed by atoms with Crippen molar-refractivity contribution in [3.05, 3.63) is 0 Å². The lowest BCUT2D eigenvalue weighted by molar-refractivity contribution is -0.146. The van der Waals surface area contributed by atoms with Crippen molar-refractivity contribution in [1.82, 2.24) is 0 Å². The largest absolute Gasteiger partial charge is 0.466 e. The Bertz CT molecular complexity index is 438. The van der Waals surface area contributed by atoms with Gasteiger partial charge >= 0.3 is 11.9 Å². The zero-order valence-corrected chi connectivity index (χ0v) is 22.2. The Hall–Kier alpha value is -1.10. The molecule has 33 heavy (non-hydrogen) atoms. The average molecular weight is 471 g/mol. The van der Waals surface area contributed by atoms with Crippen LogP contribution in [-0.2, 0) is 23.8 Å². The highest BCUT2D eigenvalue weighted by molar-refractivity contribution is 5.70. The predicted octanol–water partition coefficient (Wildman–Crippen LogP) is 7.79. The van der Waals surface area contributed by atoms with E-state index in [4.69, 9.17) is 14.2 Å². The molecule has 0 rings (SSSR count). The van der Waals surface area contributed by atoms with E-state index in [1.165, 1.54) is 70.6 Å². The standard InChI is InChI=1S/C28H54O5/c1-4-5-6-7-8-9-10-11-12-13-14-15-18-23-32-27(29)19-16-17-20-28(30)33-25-22-26(2)21-24-31-3/h26H,4-25H2,1-3H3. The fourth-order valence-corrected chi connectivity index (χ4v) is 3.83. The molecule has 0 radical (unpaired) electrons. The number of ether oxygens (including phenoxy) is 3. The van der Waals surface area contributed by atoms with Gasteiger partial charge in [-0.2, -0.15) is 0 Å². The van der Waals surface area contributed by atoms with Gasteiger partial charge in [0.15, 0.2) is 0 Å². The van der Waals surface area contributed by atoms with Gasteiger partial charge in [-0.3, -0.25) is 9.59 Å². The second-order valence-electron chi connectivity index (χ2n) is 9.57. The summed E-state index contributed by atoms with van der Waals surface area (Å²) >= 11 is 0. The van der Waals surface area contributed by atoms with Crippen LogP contribution in [0.1, 0.15) is 136 Å². The summed E-state index contributed by atoms with van der Waals surface area (Å²) in [5.74, 6) is 0.172. The minimum atomic E-state index is -0.172. The van der Waals surface area contributed by atoms with Crippen LogP contribution in [-0.4, -0.2) is 38.9 Å². The van der Waals surface area contributed by atoms with E-state index < -0.39 is 0 Å². The van der Waals surface area contributed by atoms with Gasteiger partial charge in [0.2, 0.25) is 0 Å². The van der Waals surface area contributed by atoms with Crippen molar-refractivity contribution >= 4 is 11.9 Å². The zero-order chi connectivity index (χ0) is 24.4. The molecule has 0 aliphatic rings. The third kappa shape index (κ3) is 25.4. The molecule has 0 aliphatic heterocycles. The molecule has 5 heteroatoms. The van der Waals surface area contributed by atoms with Crippen molar-refractivity contribution in [2.24, 2.45) is 5.92 Å². The van der Waals surface area contributed by atoms with Crippen molar-refractivity contribution in [1.29, 1.82) is 0 Å². The number of unbranched alkanes of at least 4 members (excludes halogenated alkanes) is 13. The van der Waals surface area contributed by atoms with Crippen molar-refractivity contribution < 1.29 is 23.8 Å². The molecule has 0 aromatic carbocycles. The summed E-state index contributed by atoms with van der Waals surface area (Å²) in [7, 11) is 1.70. The molecule has 0 heterocycles. The third-order valence-corrected chi connectivity index (χ3v) is 6.21. The molecular weight excluding hydrogens is 416 g/mol. The Balaban J connectivity index is 3.32. The molecule has 1 unspecified atom stereocenters. The monoisotopic (exact) mass is 470 g/mol. The SMILES string of the molecule is CCCCCCCCCCCCCCCOC(=O)CCCCC(=O)OCCC(C)CCOC. The molecule has 0 aromatic rings.